The first kappa shape index (κ1) is 12.5. The summed E-state index contributed by atoms with van der Waals surface area (Å²) < 4.78 is 0. The molecule has 98 valence electrons. The first-order chi connectivity index (χ1) is 9.74. The Morgan fingerprint density at radius 2 is 1.55 bits per heavy atom. The number of aryl methyl sites for hydroxylation is 1. The average Bonchev–Trinajstić information content (AvgIpc) is 2.50. The number of hydrogen-bond acceptors (Lipinski definition) is 1. The van der Waals surface area contributed by atoms with Crippen LogP contribution in [0.3, 0.4) is 0 Å². The lowest BCUT2D eigenvalue weighted by Gasteiger charge is -2.25. The molecule has 0 N–H and O–H groups in total. The van der Waals surface area contributed by atoms with Gasteiger partial charge in [0.05, 0.1) is 0 Å². The SMILES string of the molecule is C=C1C=CC(c2ccccc2)=CN1c1ccc(C)cc1. The molecular formula is C19H17N. The third-order valence-electron chi connectivity index (χ3n) is 3.45. The first-order valence-electron chi connectivity index (χ1n) is 6.74. The van der Waals surface area contributed by atoms with Gasteiger partial charge in [0.2, 0.25) is 0 Å². The maximum atomic E-state index is 4.12. The molecule has 0 radical (unpaired) electrons. The highest BCUT2D eigenvalue weighted by atomic mass is 15.1. The predicted molar refractivity (Wildman–Crippen MR) is 86.4 cm³/mol. The second-order valence-corrected chi connectivity index (χ2v) is 4.98. The normalized spacial score (nSPS) is 14.3. The lowest BCUT2D eigenvalue weighted by Crippen LogP contribution is -2.16. The van der Waals surface area contributed by atoms with E-state index in [1.54, 1.807) is 0 Å². The van der Waals surface area contributed by atoms with Gasteiger partial charge in [0.15, 0.2) is 0 Å². The summed E-state index contributed by atoms with van der Waals surface area (Å²) in [5.41, 5.74) is 5.79. The molecule has 20 heavy (non-hydrogen) atoms. The molecule has 1 nitrogen and oxygen atoms in total. The number of allylic oxidation sites excluding steroid dienone is 3. The summed E-state index contributed by atoms with van der Waals surface area (Å²) in [4.78, 5) is 2.13. The molecule has 0 saturated carbocycles. The fourth-order valence-corrected chi connectivity index (χ4v) is 2.28. The molecule has 2 aromatic carbocycles. The molecular weight excluding hydrogens is 242 g/mol. The van der Waals surface area contributed by atoms with Crippen molar-refractivity contribution in [3.63, 3.8) is 0 Å². The fourth-order valence-electron chi connectivity index (χ4n) is 2.28. The zero-order valence-corrected chi connectivity index (χ0v) is 11.6. The third-order valence-corrected chi connectivity index (χ3v) is 3.45. The van der Waals surface area contributed by atoms with E-state index in [4.69, 9.17) is 0 Å². The number of benzene rings is 2. The van der Waals surface area contributed by atoms with Gasteiger partial charge < -0.3 is 4.90 Å². The molecule has 0 spiro atoms. The third kappa shape index (κ3) is 2.43. The van der Waals surface area contributed by atoms with Crippen LogP contribution >= 0.6 is 0 Å². The van der Waals surface area contributed by atoms with E-state index in [9.17, 15) is 0 Å². The van der Waals surface area contributed by atoms with Crippen molar-refractivity contribution in [2.45, 2.75) is 6.92 Å². The van der Waals surface area contributed by atoms with E-state index in [0.717, 1.165) is 11.4 Å². The molecule has 0 aromatic heterocycles. The summed E-state index contributed by atoms with van der Waals surface area (Å²) >= 11 is 0. The summed E-state index contributed by atoms with van der Waals surface area (Å²) in [5, 5.41) is 0. The van der Waals surface area contributed by atoms with Gasteiger partial charge in [0.1, 0.15) is 0 Å². The van der Waals surface area contributed by atoms with Crippen LogP contribution < -0.4 is 4.90 Å². The summed E-state index contributed by atoms with van der Waals surface area (Å²) in [7, 11) is 0. The Kier molecular flexibility index (Phi) is 3.26. The number of nitrogens with zero attached hydrogens (tertiary/aromatic N) is 1. The van der Waals surface area contributed by atoms with Crippen molar-refractivity contribution < 1.29 is 0 Å². The quantitative estimate of drug-likeness (QED) is 0.739. The van der Waals surface area contributed by atoms with Crippen LogP contribution in [0.15, 0.2) is 85.2 Å². The highest BCUT2D eigenvalue weighted by molar-refractivity contribution is 5.80. The van der Waals surface area contributed by atoms with Gasteiger partial charge in [-0.3, -0.25) is 0 Å². The number of anilines is 1. The number of rotatable bonds is 2. The second kappa shape index (κ2) is 5.22. The van der Waals surface area contributed by atoms with E-state index in [1.807, 2.05) is 6.07 Å². The predicted octanol–water partition coefficient (Wildman–Crippen LogP) is 4.93. The molecule has 1 heteroatoms. The maximum absolute atomic E-state index is 4.12. The zero-order valence-electron chi connectivity index (χ0n) is 11.6. The molecule has 0 bridgehead atoms. The van der Waals surface area contributed by atoms with Crippen LogP contribution in [-0.4, -0.2) is 0 Å². The van der Waals surface area contributed by atoms with E-state index in [0.29, 0.717) is 0 Å². The Morgan fingerprint density at radius 1 is 0.850 bits per heavy atom. The van der Waals surface area contributed by atoms with E-state index >= 15 is 0 Å². The van der Waals surface area contributed by atoms with Crippen molar-refractivity contribution in [3.8, 4) is 0 Å². The minimum atomic E-state index is 0.980. The molecule has 3 rings (SSSR count). The largest absolute Gasteiger partial charge is 0.317 e. The van der Waals surface area contributed by atoms with Gasteiger partial charge in [-0.25, -0.2) is 0 Å². The topological polar surface area (TPSA) is 3.24 Å². The summed E-state index contributed by atoms with van der Waals surface area (Å²) in [6.45, 7) is 6.21. The van der Waals surface area contributed by atoms with Crippen molar-refractivity contribution in [3.05, 3.63) is 96.4 Å². The highest BCUT2D eigenvalue weighted by Crippen LogP contribution is 2.28. The highest BCUT2D eigenvalue weighted by Gasteiger charge is 2.11. The van der Waals surface area contributed by atoms with Crippen molar-refractivity contribution in [1.82, 2.24) is 0 Å². The summed E-state index contributed by atoms with van der Waals surface area (Å²) in [6.07, 6.45) is 6.31. The molecule has 0 saturated heterocycles. The smallest absolute Gasteiger partial charge is 0.0455 e. The van der Waals surface area contributed by atoms with Crippen LogP contribution in [0.2, 0.25) is 0 Å². The Morgan fingerprint density at radius 3 is 2.25 bits per heavy atom. The van der Waals surface area contributed by atoms with Crippen LogP contribution in [0.5, 0.6) is 0 Å². The van der Waals surface area contributed by atoms with Crippen molar-refractivity contribution >= 4 is 11.3 Å². The van der Waals surface area contributed by atoms with Crippen LogP contribution in [0.1, 0.15) is 11.1 Å². The Hall–Kier alpha value is -2.54. The van der Waals surface area contributed by atoms with Gasteiger partial charge in [-0.2, -0.15) is 0 Å². The standard InChI is InChI=1S/C19H17N/c1-15-8-12-19(13-9-15)20-14-18(11-10-16(20)2)17-6-4-3-5-7-17/h3-14H,2H2,1H3. The minimum Gasteiger partial charge on any atom is -0.317 e. The first-order valence-corrected chi connectivity index (χ1v) is 6.74. The second-order valence-electron chi connectivity index (χ2n) is 4.98. The average molecular weight is 259 g/mol. The zero-order chi connectivity index (χ0) is 13.9. The molecule has 0 unspecified atom stereocenters. The van der Waals surface area contributed by atoms with Crippen molar-refractivity contribution in [2.75, 3.05) is 4.90 Å². The molecule has 1 aliphatic heterocycles. The Labute approximate surface area is 120 Å². The van der Waals surface area contributed by atoms with Gasteiger partial charge >= 0.3 is 0 Å². The molecule has 1 aliphatic rings. The molecule has 1 heterocycles. The Balaban J connectivity index is 1.98. The van der Waals surface area contributed by atoms with E-state index in [1.165, 1.54) is 16.7 Å². The molecule has 0 fully saturated rings. The van der Waals surface area contributed by atoms with E-state index < -0.39 is 0 Å². The van der Waals surface area contributed by atoms with Crippen LogP contribution in [-0.2, 0) is 0 Å². The van der Waals surface area contributed by atoms with Crippen LogP contribution in [0, 0.1) is 6.92 Å². The van der Waals surface area contributed by atoms with Gasteiger partial charge in [-0.1, -0.05) is 60.7 Å². The summed E-state index contributed by atoms with van der Waals surface area (Å²) in [5.74, 6) is 0. The lowest BCUT2D eigenvalue weighted by molar-refractivity contribution is 1.20. The molecule has 0 amide bonds. The monoisotopic (exact) mass is 259 g/mol. The molecule has 0 atom stereocenters. The van der Waals surface area contributed by atoms with Crippen molar-refractivity contribution in [2.24, 2.45) is 0 Å². The van der Waals surface area contributed by atoms with E-state index in [2.05, 4.69) is 85.3 Å². The Bertz CT molecular complexity index is 675. The van der Waals surface area contributed by atoms with Gasteiger partial charge in [-0.05, 0) is 36.3 Å². The van der Waals surface area contributed by atoms with Crippen LogP contribution in [0.4, 0.5) is 5.69 Å². The number of hydrogen-bond donors (Lipinski definition) is 0. The van der Waals surface area contributed by atoms with Gasteiger partial charge in [0.25, 0.3) is 0 Å². The summed E-state index contributed by atoms with van der Waals surface area (Å²) in [6, 6.07) is 18.9. The maximum Gasteiger partial charge on any atom is 0.0455 e. The minimum absolute atomic E-state index is 0.980. The fraction of sp³-hybridized carbons (Fsp3) is 0.0526. The lowest BCUT2D eigenvalue weighted by atomic mass is 10.0. The molecule has 2 aromatic rings. The van der Waals surface area contributed by atoms with Gasteiger partial charge in [-0.15, -0.1) is 0 Å². The van der Waals surface area contributed by atoms with E-state index in [-0.39, 0.29) is 0 Å². The van der Waals surface area contributed by atoms with Gasteiger partial charge in [0, 0.05) is 17.6 Å². The van der Waals surface area contributed by atoms with Crippen LogP contribution in [0.25, 0.3) is 5.57 Å². The molecule has 0 aliphatic carbocycles. The van der Waals surface area contributed by atoms with Crippen molar-refractivity contribution in [1.29, 1.82) is 0 Å².